The Bertz CT molecular complexity index is 493. The van der Waals surface area contributed by atoms with Crippen molar-refractivity contribution in [2.45, 2.75) is 142 Å². The number of hydrogen-bond donors (Lipinski definition) is 0. The van der Waals surface area contributed by atoms with E-state index in [0.717, 1.165) is 29.6 Å². The Labute approximate surface area is 188 Å². The second kappa shape index (κ2) is 12.5. The van der Waals surface area contributed by atoms with E-state index >= 15 is 0 Å². The van der Waals surface area contributed by atoms with Gasteiger partial charge in [0.05, 0.1) is 11.5 Å². The van der Waals surface area contributed by atoms with Gasteiger partial charge >= 0.3 is 0 Å². The van der Waals surface area contributed by atoms with Crippen molar-refractivity contribution in [2.24, 2.45) is 35.0 Å². The minimum atomic E-state index is 0.0395. The zero-order chi connectivity index (χ0) is 21.2. The molecule has 3 aliphatic carbocycles. The van der Waals surface area contributed by atoms with Crippen LogP contribution in [0.3, 0.4) is 0 Å². The maximum Gasteiger partial charge on any atom is 0.0689 e. The number of rotatable bonds is 10. The van der Waals surface area contributed by atoms with Gasteiger partial charge in [-0.1, -0.05) is 71.6 Å². The SMILES string of the molecule is CCCCCCC1(C#N)CCC(C2CCC(C3CCC(CCCC)CC3)CC2)CC1. The Morgan fingerprint density at radius 2 is 1.13 bits per heavy atom. The molecule has 0 aromatic heterocycles. The lowest BCUT2D eigenvalue weighted by Gasteiger charge is -2.43. The third-order valence-electron chi connectivity index (χ3n) is 9.74. The molecule has 0 heterocycles. The molecule has 3 saturated carbocycles. The van der Waals surface area contributed by atoms with Crippen LogP contribution in [0.2, 0.25) is 0 Å². The summed E-state index contributed by atoms with van der Waals surface area (Å²) in [7, 11) is 0. The van der Waals surface area contributed by atoms with Gasteiger partial charge in [-0.15, -0.1) is 0 Å². The summed E-state index contributed by atoms with van der Waals surface area (Å²) in [6.45, 7) is 4.61. The van der Waals surface area contributed by atoms with Gasteiger partial charge in [0.1, 0.15) is 0 Å². The fourth-order valence-corrected chi connectivity index (χ4v) is 7.50. The highest BCUT2D eigenvalue weighted by Gasteiger charge is 2.39. The molecule has 30 heavy (non-hydrogen) atoms. The molecule has 0 aromatic rings. The van der Waals surface area contributed by atoms with E-state index in [1.165, 1.54) is 128 Å². The summed E-state index contributed by atoms with van der Waals surface area (Å²) >= 11 is 0. The average molecular weight is 414 g/mol. The van der Waals surface area contributed by atoms with Crippen LogP contribution in [-0.4, -0.2) is 0 Å². The van der Waals surface area contributed by atoms with Gasteiger partial charge in [0.25, 0.3) is 0 Å². The zero-order valence-corrected chi connectivity index (χ0v) is 20.5. The monoisotopic (exact) mass is 413 g/mol. The summed E-state index contributed by atoms with van der Waals surface area (Å²) in [6.07, 6.45) is 28.0. The maximum absolute atomic E-state index is 9.89. The second-order valence-electron chi connectivity index (χ2n) is 11.6. The summed E-state index contributed by atoms with van der Waals surface area (Å²) in [5.74, 6) is 5.09. The van der Waals surface area contributed by atoms with Crippen LogP contribution in [-0.2, 0) is 0 Å². The average Bonchev–Trinajstić information content (AvgIpc) is 2.81. The van der Waals surface area contributed by atoms with Crippen molar-refractivity contribution < 1.29 is 0 Å². The first-order valence-electron chi connectivity index (χ1n) is 14.1. The molecular formula is C29H51N. The molecule has 0 radical (unpaired) electrons. The van der Waals surface area contributed by atoms with Crippen LogP contribution in [0.5, 0.6) is 0 Å². The van der Waals surface area contributed by atoms with E-state index in [-0.39, 0.29) is 5.41 Å². The summed E-state index contributed by atoms with van der Waals surface area (Å²) in [6, 6.07) is 2.78. The molecule has 3 rings (SSSR count). The molecule has 0 aromatic carbocycles. The van der Waals surface area contributed by atoms with Gasteiger partial charge in [-0.05, 0) is 100 Å². The van der Waals surface area contributed by atoms with Gasteiger partial charge in [-0.3, -0.25) is 0 Å². The highest BCUT2D eigenvalue weighted by molar-refractivity contribution is 5.02. The molecule has 0 aliphatic heterocycles. The lowest BCUT2D eigenvalue weighted by Crippen LogP contribution is -2.32. The molecular weight excluding hydrogens is 362 g/mol. The Hall–Kier alpha value is -0.510. The fraction of sp³-hybridized carbons (Fsp3) is 0.966. The number of hydrogen-bond acceptors (Lipinski definition) is 1. The highest BCUT2D eigenvalue weighted by atomic mass is 14.5. The Balaban J connectivity index is 1.35. The van der Waals surface area contributed by atoms with Crippen molar-refractivity contribution in [1.82, 2.24) is 0 Å². The number of nitriles is 1. The molecule has 0 saturated heterocycles. The smallest absolute Gasteiger partial charge is 0.0689 e. The van der Waals surface area contributed by atoms with Crippen LogP contribution in [0.1, 0.15) is 142 Å². The largest absolute Gasteiger partial charge is 0.198 e. The molecule has 1 nitrogen and oxygen atoms in total. The van der Waals surface area contributed by atoms with Crippen molar-refractivity contribution in [3.8, 4) is 6.07 Å². The standard InChI is InChI=1S/C29H51N/c1-3-5-7-8-20-29(23-30)21-18-28(19-22-29)27-16-14-26(15-17-27)25-12-10-24(11-13-25)9-6-4-2/h24-28H,3-22H2,1-2H3. The lowest BCUT2D eigenvalue weighted by molar-refractivity contribution is 0.0897. The van der Waals surface area contributed by atoms with E-state index in [2.05, 4.69) is 19.9 Å². The lowest BCUT2D eigenvalue weighted by atomic mass is 9.62. The molecule has 3 fully saturated rings. The summed E-state index contributed by atoms with van der Waals surface area (Å²) < 4.78 is 0. The third kappa shape index (κ3) is 6.74. The van der Waals surface area contributed by atoms with Gasteiger partial charge < -0.3 is 0 Å². The van der Waals surface area contributed by atoms with Gasteiger partial charge in [-0.2, -0.15) is 5.26 Å². The predicted molar refractivity (Wildman–Crippen MR) is 129 cm³/mol. The van der Waals surface area contributed by atoms with Crippen molar-refractivity contribution in [2.75, 3.05) is 0 Å². The van der Waals surface area contributed by atoms with Crippen LogP contribution in [0.15, 0.2) is 0 Å². The van der Waals surface area contributed by atoms with Crippen LogP contribution in [0, 0.1) is 46.3 Å². The first-order valence-corrected chi connectivity index (χ1v) is 14.1. The molecule has 1 heteroatoms. The molecule has 0 amide bonds. The molecule has 0 unspecified atom stereocenters. The summed E-state index contributed by atoms with van der Waals surface area (Å²) in [4.78, 5) is 0. The van der Waals surface area contributed by atoms with E-state index in [4.69, 9.17) is 0 Å². The molecule has 0 N–H and O–H groups in total. The van der Waals surface area contributed by atoms with Crippen LogP contribution >= 0.6 is 0 Å². The van der Waals surface area contributed by atoms with E-state index in [1.807, 2.05) is 0 Å². The summed E-state index contributed by atoms with van der Waals surface area (Å²) in [5.41, 5.74) is 0.0395. The fourth-order valence-electron chi connectivity index (χ4n) is 7.50. The highest BCUT2D eigenvalue weighted by Crippen LogP contribution is 2.49. The number of unbranched alkanes of at least 4 members (excludes halogenated alkanes) is 4. The Morgan fingerprint density at radius 1 is 0.633 bits per heavy atom. The maximum atomic E-state index is 9.89. The van der Waals surface area contributed by atoms with E-state index < -0.39 is 0 Å². The van der Waals surface area contributed by atoms with Crippen molar-refractivity contribution in [1.29, 1.82) is 5.26 Å². The number of nitrogens with zero attached hydrogens (tertiary/aromatic N) is 1. The zero-order valence-electron chi connectivity index (χ0n) is 20.5. The minimum Gasteiger partial charge on any atom is -0.198 e. The van der Waals surface area contributed by atoms with Crippen molar-refractivity contribution in [3.63, 3.8) is 0 Å². The van der Waals surface area contributed by atoms with Crippen LogP contribution in [0.4, 0.5) is 0 Å². The van der Waals surface area contributed by atoms with Crippen molar-refractivity contribution in [3.05, 3.63) is 0 Å². The van der Waals surface area contributed by atoms with E-state index in [9.17, 15) is 5.26 Å². The van der Waals surface area contributed by atoms with Gasteiger partial charge in [0.15, 0.2) is 0 Å². The van der Waals surface area contributed by atoms with E-state index in [1.54, 1.807) is 0 Å². The molecule has 0 bridgehead atoms. The topological polar surface area (TPSA) is 23.8 Å². The first kappa shape index (κ1) is 24.1. The van der Waals surface area contributed by atoms with Crippen molar-refractivity contribution >= 4 is 0 Å². The normalized spacial score (nSPS) is 37.6. The van der Waals surface area contributed by atoms with E-state index in [0.29, 0.717) is 0 Å². The molecule has 3 aliphatic rings. The molecule has 0 atom stereocenters. The second-order valence-corrected chi connectivity index (χ2v) is 11.6. The van der Waals surface area contributed by atoms with Gasteiger partial charge in [0, 0.05) is 0 Å². The predicted octanol–water partition coefficient (Wildman–Crippen LogP) is 9.46. The summed E-state index contributed by atoms with van der Waals surface area (Å²) in [5, 5.41) is 9.89. The Morgan fingerprint density at radius 3 is 1.63 bits per heavy atom. The molecule has 0 spiro atoms. The van der Waals surface area contributed by atoms with Crippen LogP contribution < -0.4 is 0 Å². The Kier molecular flexibility index (Phi) is 10.1. The third-order valence-corrected chi connectivity index (χ3v) is 9.74. The minimum absolute atomic E-state index is 0.0395. The van der Waals surface area contributed by atoms with Gasteiger partial charge in [-0.25, -0.2) is 0 Å². The van der Waals surface area contributed by atoms with Crippen LogP contribution in [0.25, 0.3) is 0 Å². The molecule has 172 valence electrons. The first-order chi connectivity index (χ1) is 14.7. The quantitative estimate of drug-likeness (QED) is 0.327. The van der Waals surface area contributed by atoms with Gasteiger partial charge in [0.2, 0.25) is 0 Å².